The first kappa shape index (κ1) is 13.6. The van der Waals surface area contributed by atoms with Gasteiger partial charge in [0.05, 0.1) is 8.07 Å². The van der Waals surface area contributed by atoms with Crippen LogP contribution in [-0.2, 0) is 0 Å². The maximum Gasteiger partial charge on any atom is 0.0541 e. The summed E-state index contributed by atoms with van der Waals surface area (Å²) in [7, 11) is -1.05. The highest BCUT2D eigenvalue weighted by molar-refractivity contribution is 6.80. The van der Waals surface area contributed by atoms with Gasteiger partial charge in [-0.25, -0.2) is 0 Å². The van der Waals surface area contributed by atoms with E-state index in [2.05, 4.69) is 40.8 Å². The molecule has 17 heavy (non-hydrogen) atoms. The summed E-state index contributed by atoms with van der Waals surface area (Å²) < 4.78 is 0. The van der Waals surface area contributed by atoms with Crippen LogP contribution in [0.3, 0.4) is 0 Å². The van der Waals surface area contributed by atoms with Crippen LogP contribution in [0.15, 0.2) is 0 Å². The lowest BCUT2D eigenvalue weighted by Gasteiger charge is -2.40. The van der Waals surface area contributed by atoms with Gasteiger partial charge in [-0.2, -0.15) is 0 Å². The van der Waals surface area contributed by atoms with Gasteiger partial charge in [0, 0.05) is 0 Å². The molecule has 2 fully saturated rings. The highest BCUT2D eigenvalue weighted by Crippen LogP contribution is 2.56. The molecular formula is C16H32Si. The zero-order chi connectivity index (χ0) is 12.8. The average Bonchev–Trinajstić information content (AvgIpc) is 2.70. The van der Waals surface area contributed by atoms with Crippen LogP contribution in [0.1, 0.15) is 53.4 Å². The first-order chi connectivity index (χ1) is 7.82. The standard InChI is InChI=1S/C16H32Si/c1-11-7-13(3)15(9-11)17(5,6)16-10-12(2)8-14(16)4/h11-16H,7-10H2,1-6H3. The van der Waals surface area contributed by atoms with E-state index in [-0.39, 0.29) is 0 Å². The minimum atomic E-state index is -1.05. The van der Waals surface area contributed by atoms with Crippen LogP contribution in [0.5, 0.6) is 0 Å². The summed E-state index contributed by atoms with van der Waals surface area (Å²) >= 11 is 0. The van der Waals surface area contributed by atoms with Gasteiger partial charge in [0.1, 0.15) is 0 Å². The van der Waals surface area contributed by atoms with Crippen molar-refractivity contribution in [1.29, 1.82) is 0 Å². The normalized spacial score (nSPS) is 47.6. The molecule has 0 aromatic carbocycles. The fourth-order valence-corrected chi connectivity index (χ4v) is 11.2. The van der Waals surface area contributed by atoms with Gasteiger partial charge in [0.25, 0.3) is 0 Å². The smallest absolute Gasteiger partial charge is 0.0541 e. The third-order valence-corrected chi connectivity index (χ3v) is 11.6. The van der Waals surface area contributed by atoms with Crippen molar-refractivity contribution < 1.29 is 0 Å². The van der Waals surface area contributed by atoms with E-state index in [0.29, 0.717) is 0 Å². The summed E-state index contributed by atoms with van der Waals surface area (Å²) in [5, 5.41) is 0. The lowest BCUT2D eigenvalue weighted by Crippen LogP contribution is -2.40. The van der Waals surface area contributed by atoms with Crippen molar-refractivity contribution in [1.82, 2.24) is 0 Å². The van der Waals surface area contributed by atoms with Crippen molar-refractivity contribution in [3.05, 3.63) is 0 Å². The van der Waals surface area contributed by atoms with Crippen molar-refractivity contribution in [2.45, 2.75) is 77.6 Å². The van der Waals surface area contributed by atoms with Crippen molar-refractivity contribution in [2.24, 2.45) is 23.7 Å². The Morgan fingerprint density at radius 2 is 1.00 bits per heavy atom. The number of hydrogen-bond donors (Lipinski definition) is 0. The molecule has 0 amide bonds. The van der Waals surface area contributed by atoms with Gasteiger partial charge < -0.3 is 0 Å². The molecule has 2 rings (SSSR count). The van der Waals surface area contributed by atoms with Crippen LogP contribution in [0, 0.1) is 23.7 Å². The second kappa shape index (κ2) is 4.72. The van der Waals surface area contributed by atoms with E-state index in [0.717, 1.165) is 34.8 Å². The van der Waals surface area contributed by atoms with Gasteiger partial charge in [0.15, 0.2) is 0 Å². The molecule has 100 valence electrons. The molecule has 2 aliphatic carbocycles. The molecule has 0 bridgehead atoms. The van der Waals surface area contributed by atoms with E-state index in [1.165, 1.54) is 25.7 Å². The first-order valence-corrected chi connectivity index (χ1v) is 11.0. The molecule has 0 N–H and O–H groups in total. The molecule has 6 atom stereocenters. The Morgan fingerprint density at radius 1 is 0.647 bits per heavy atom. The maximum atomic E-state index is 2.71. The molecule has 0 aromatic rings. The summed E-state index contributed by atoms with van der Waals surface area (Å²) in [6, 6.07) is 0. The molecule has 2 aliphatic rings. The van der Waals surface area contributed by atoms with Crippen LogP contribution in [0.4, 0.5) is 0 Å². The van der Waals surface area contributed by atoms with Gasteiger partial charge in [-0.1, -0.05) is 40.8 Å². The van der Waals surface area contributed by atoms with Gasteiger partial charge in [0.2, 0.25) is 0 Å². The van der Waals surface area contributed by atoms with Crippen LogP contribution in [-0.4, -0.2) is 8.07 Å². The number of hydrogen-bond acceptors (Lipinski definition) is 0. The quantitative estimate of drug-likeness (QED) is 0.564. The van der Waals surface area contributed by atoms with Gasteiger partial charge in [-0.15, -0.1) is 0 Å². The Hall–Kier alpha value is 0.217. The fourth-order valence-electron chi connectivity index (χ4n) is 5.47. The maximum absolute atomic E-state index is 2.71. The Labute approximate surface area is 110 Å². The van der Waals surface area contributed by atoms with Gasteiger partial charge >= 0.3 is 0 Å². The Morgan fingerprint density at radius 3 is 1.24 bits per heavy atom. The molecule has 0 nitrogen and oxygen atoms in total. The highest BCUT2D eigenvalue weighted by Gasteiger charge is 2.48. The first-order valence-electron chi connectivity index (χ1n) is 7.82. The van der Waals surface area contributed by atoms with E-state index in [1.54, 1.807) is 0 Å². The summed E-state index contributed by atoms with van der Waals surface area (Å²) in [6.07, 6.45) is 6.07. The highest BCUT2D eigenvalue weighted by atomic mass is 28.3. The monoisotopic (exact) mass is 252 g/mol. The minimum absolute atomic E-state index is 0.996. The van der Waals surface area contributed by atoms with Crippen LogP contribution in [0.25, 0.3) is 0 Å². The van der Waals surface area contributed by atoms with E-state index in [1.807, 2.05) is 0 Å². The summed E-state index contributed by atoms with van der Waals surface area (Å²) in [5.74, 6) is 4.01. The lowest BCUT2D eigenvalue weighted by atomic mass is 10.1. The molecule has 6 unspecified atom stereocenters. The summed E-state index contributed by atoms with van der Waals surface area (Å²) in [4.78, 5) is 0. The molecule has 0 aliphatic heterocycles. The SMILES string of the molecule is CC1CC(C)C([Si](C)(C)C2CC(C)CC2C)C1. The lowest BCUT2D eigenvalue weighted by molar-refractivity contribution is 0.535. The second-order valence-electron chi connectivity index (χ2n) is 8.14. The molecule has 0 saturated heterocycles. The van der Waals surface area contributed by atoms with E-state index < -0.39 is 8.07 Å². The molecule has 0 spiro atoms. The molecule has 2 saturated carbocycles. The topological polar surface area (TPSA) is 0 Å². The third-order valence-electron chi connectivity index (χ3n) is 6.15. The molecule has 1 heteroatoms. The Kier molecular flexibility index (Phi) is 3.79. The zero-order valence-electron chi connectivity index (χ0n) is 12.8. The van der Waals surface area contributed by atoms with Crippen LogP contribution < -0.4 is 0 Å². The van der Waals surface area contributed by atoms with Crippen molar-refractivity contribution in [2.75, 3.05) is 0 Å². The fraction of sp³-hybridized carbons (Fsp3) is 1.00. The Balaban J connectivity index is 2.12. The average molecular weight is 253 g/mol. The van der Waals surface area contributed by atoms with E-state index >= 15 is 0 Å². The van der Waals surface area contributed by atoms with Gasteiger partial charge in [-0.3, -0.25) is 0 Å². The van der Waals surface area contributed by atoms with Crippen molar-refractivity contribution >= 4 is 8.07 Å². The van der Waals surface area contributed by atoms with E-state index in [9.17, 15) is 0 Å². The summed E-state index contributed by atoms with van der Waals surface area (Å²) in [5.41, 5.74) is 2.21. The second-order valence-corrected chi connectivity index (χ2v) is 13.3. The molecule has 0 radical (unpaired) electrons. The van der Waals surface area contributed by atoms with Crippen LogP contribution >= 0.6 is 0 Å². The Bertz CT molecular complexity index is 245. The molecular weight excluding hydrogens is 220 g/mol. The zero-order valence-corrected chi connectivity index (χ0v) is 13.8. The molecule has 0 heterocycles. The van der Waals surface area contributed by atoms with Crippen LogP contribution in [0.2, 0.25) is 24.2 Å². The van der Waals surface area contributed by atoms with Crippen molar-refractivity contribution in [3.63, 3.8) is 0 Å². The number of rotatable bonds is 2. The predicted molar refractivity (Wildman–Crippen MR) is 80.1 cm³/mol. The van der Waals surface area contributed by atoms with Crippen molar-refractivity contribution in [3.8, 4) is 0 Å². The largest absolute Gasteiger partial charge is 0.0689 e. The predicted octanol–water partition coefficient (Wildman–Crippen LogP) is 5.57. The third kappa shape index (κ3) is 2.50. The van der Waals surface area contributed by atoms with Gasteiger partial charge in [-0.05, 0) is 60.4 Å². The summed E-state index contributed by atoms with van der Waals surface area (Å²) in [6.45, 7) is 15.4. The van der Waals surface area contributed by atoms with E-state index in [4.69, 9.17) is 0 Å². The minimum Gasteiger partial charge on any atom is -0.0689 e. The molecule has 0 aromatic heterocycles.